The fourth-order valence-electron chi connectivity index (χ4n) is 1.10. The van der Waals surface area contributed by atoms with E-state index in [9.17, 15) is 0 Å². The zero-order valence-corrected chi connectivity index (χ0v) is 7.89. The van der Waals surface area contributed by atoms with E-state index in [1.165, 1.54) is 16.7 Å². The summed E-state index contributed by atoms with van der Waals surface area (Å²) in [5.74, 6) is 0. The lowest BCUT2D eigenvalue weighted by molar-refractivity contribution is 1.33. The monoisotopic (exact) mass is 158 g/mol. The smallest absolute Gasteiger partial charge is 0.0128 e. The van der Waals surface area contributed by atoms with E-state index in [-0.39, 0.29) is 0 Å². The van der Waals surface area contributed by atoms with Crippen LogP contribution >= 0.6 is 0 Å². The first-order valence-corrected chi connectivity index (χ1v) is 4.19. The zero-order valence-electron chi connectivity index (χ0n) is 7.89. The Kier molecular flexibility index (Phi) is 2.90. The van der Waals surface area contributed by atoms with Crippen LogP contribution in [0.15, 0.2) is 30.0 Å². The van der Waals surface area contributed by atoms with Crippen LogP contribution in [0.4, 0.5) is 0 Å². The fourth-order valence-corrected chi connectivity index (χ4v) is 1.10. The molecular formula is C12H14. The third-order valence-corrected chi connectivity index (χ3v) is 2.05. The van der Waals surface area contributed by atoms with Gasteiger partial charge in [0.05, 0.1) is 0 Å². The van der Waals surface area contributed by atoms with Gasteiger partial charge in [-0.3, -0.25) is 0 Å². The number of aryl methyl sites for hydroxylation is 1. The van der Waals surface area contributed by atoms with Crippen LogP contribution in [0.1, 0.15) is 23.6 Å². The van der Waals surface area contributed by atoms with Crippen LogP contribution in [-0.4, -0.2) is 0 Å². The van der Waals surface area contributed by atoms with Gasteiger partial charge in [-0.25, -0.2) is 0 Å². The summed E-state index contributed by atoms with van der Waals surface area (Å²) in [7, 11) is 0. The SMILES string of the molecule is CC=C=Cc1cccc(C)c1C. The molecule has 0 radical (unpaired) electrons. The molecule has 0 aliphatic carbocycles. The number of hydrogen-bond acceptors (Lipinski definition) is 0. The molecule has 0 aliphatic rings. The van der Waals surface area contributed by atoms with Crippen molar-refractivity contribution in [3.63, 3.8) is 0 Å². The normalized spacial score (nSPS) is 8.92. The van der Waals surface area contributed by atoms with Crippen molar-refractivity contribution >= 4 is 6.08 Å². The number of allylic oxidation sites excluding steroid dienone is 1. The quantitative estimate of drug-likeness (QED) is 0.549. The van der Waals surface area contributed by atoms with E-state index in [0.717, 1.165) is 0 Å². The Morgan fingerprint density at radius 2 is 2.00 bits per heavy atom. The number of rotatable bonds is 1. The van der Waals surface area contributed by atoms with Crippen molar-refractivity contribution in [3.8, 4) is 0 Å². The molecule has 0 saturated heterocycles. The highest BCUT2D eigenvalue weighted by Gasteiger charge is 1.94. The summed E-state index contributed by atoms with van der Waals surface area (Å²) in [4.78, 5) is 0. The standard InChI is InChI=1S/C12H14/c1-4-5-8-12-9-6-7-10(2)11(12)3/h4,6-9H,1-3H3. The minimum Gasteiger partial charge on any atom is -0.125 e. The first-order valence-electron chi connectivity index (χ1n) is 4.19. The van der Waals surface area contributed by atoms with Crippen molar-refractivity contribution < 1.29 is 0 Å². The van der Waals surface area contributed by atoms with Crippen molar-refractivity contribution in [2.45, 2.75) is 20.8 Å². The summed E-state index contributed by atoms with van der Waals surface area (Å²) in [6, 6.07) is 6.31. The molecule has 0 unspecified atom stereocenters. The Bertz CT molecular complexity index is 326. The molecule has 0 N–H and O–H groups in total. The van der Waals surface area contributed by atoms with Crippen LogP contribution in [0, 0.1) is 13.8 Å². The van der Waals surface area contributed by atoms with Crippen LogP contribution in [0.3, 0.4) is 0 Å². The maximum atomic E-state index is 3.08. The van der Waals surface area contributed by atoms with Crippen LogP contribution in [-0.2, 0) is 0 Å². The van der Waals surface area contributed by atoms with Gasteiger partial charge in [0.1, 0.15) is 0 Å². The van der Waals surface area contributed by atoms with Gasteiger partial charge in [-0.1, -0.05) is 18.2 Å². The Morgan fingerprint density at radius 3 is 2.67 bits per heavy atom. The van der Waals surface area contributed by atoms with E-state index in [1.54, 1.807) is 0 Å². The van der Waals surface area contributed by atoms with Gasteiger partial charge >= 0.3 is 0 Å². The van der Waals surface area contributed by atoms with Gasteiger partial charge in [0.15, 0.2) is 0 Å². The molecule has 0 amide bonds. The molecule has 0 aromatic heterocycles. The fraction of sp³-hybridized carbons (Fsp3) is 0.250. The summed E-state index contributed by atoms with van der Waals surface area (Å²) in [6.45, 7) is 6.24. The Morgan fingerprint density at radius 1 is 1.25 bits per heavy atom. The molecule has 1 aromatic carbocycles. The second-order valence-electron chi connectivity index (χ2n) is 2.89. The molecule has 0 aliphatic heterocycles. The topological polar surface area (TPSA) is 0 Å². The lowest BCUT2D eigenvalue weighted by Gasteiger charge is -2.01. The molecule has 0 bridgehead atoms. The molecule has 62 valence electrons. The zero-order chi connectivity index (χ0) is 8.97. The van der Waals surface area contributed by atoms with E-state index < -0.39 is 0 Å². The lowest BCUT2D eigenvalue weighted by atomic mass is 10.0. The van der Waals surface area contributed by atoms with Crippen molar-refractivity contribution in [1.82, 2.24) is 0 Å². The molecule has 0 heterocycles. The average Bonchev–Trinajstić information content (AvgIpc) is 2.08. The van der Waals surface area contributed by atoms with E-state index in [1.807, 2.05) is 19.1 Å². The van der Waals surface area contributed by atoms with Crippen molar-refractivity contribution in [2.75, 3.05) is 0 Å². The molecule has 12 heavy (non-hydrogen) atoms. The van der Waals surface area contributed by atoms with Gasteiger partial charge in [-0.05, 0) is 49.6 Å². The van der Waals surface area contributed by atoms with Gasteiger partial charge in [-0.2, -0.15) is 0 Å². The molecule has 0 nitrogen and oxygen atoms in total. The second kappa shape index (κ2) is 3.94. The number of benzene rings is 1. The first kappa shape index (κ1) is 8.83. The molecule has 0 spiro atoms. The van der Waals surface area contributed by atoms with Crippen molar-refractivity contribution in [1.29, 1.82) is 0 Å². The maximum Gasteiger partial charge on any atom is -0.0128 e. The summed E-state index contributed by atoms with van der Waals surface area (Å²) in [5, 5.41) is 0. The lowest BCUT2D eigenvalue weighted by Crippen LogP contribution is -1.83. The summed E-state index contributed by atoms with van der Waals surface area (Å²) >= 11 is 0. The molecular weight excluding hydrogens is 144 g/mol. The van der Waals surface area contributed by atoms with E-state index in [0.29, 0.717) is 0 Å². The van der Waals surface area contributed by atoms with Crippen molar-refractivity contribution in [3.05, 3.63) is 46.7 Å². The third kappa shape index (κ3) is 1.87. The summed E-state index contributed by atoms with van der Waals surface area (Å²) in [5.41, 5.74) is 7.01. The van der Waals surface area contributed by atoms with Gasteiger partial charge in [0.25, 0.3) is 0 Å². The Balaban J connectivity index is 3.17. The van der Waals surface area contributed by atoms with Crippen LogP contribution in [0.25, 0.3) is 6.08 Å². The molecule has 1 rings (SSSR count). The average molecular weight is 158 g/mol. The highest BCUT2D eigenvalue weighted by Crippen LogP contribution is 2.13. The van der Waals surface area contributed by atoms with E-state index in [4.69, 9.17) is 0 Å². The molecule has 0 atom stereocenters. The predicted octanol–water partition coefficient (Wildman–Crippen LogP) is 3.49. The Labute approximate surface area is 74.2 Å². The highest BCUT2D eigenvalue weighted by molar-refractivity contribution is 5.54. The number of hydrogen-bond donors (Lipinski definition) is 0. The van der Waals surface area contributed by atoms with Crippen molar-refractivity contribution in [2.24, 2.45) is 0 Å². The maximum absolute atomic E-state index is 3.08. The van der Waals surface area contributed by atoms with Crippen LogP contribution in [0.5, 0.6) is 0 Å². The van der Waals surface area contributed by atoms with Gasteiger partial charge in [-0.15, -0.1) is 5.73 Å². The van der Waals surface area contributed by atoms with Gasteiger partial charge in [0.2, 0.25) is 0 Å². The van der Waals surface area contributed by atoms with E-state index in [2.05, 4.69) is 37.8 Å². The second-order valence-corrected chi connectivity index (χ2v) is 2.89. The minimum atomic E-state index is 1.26. The molecule has 0 fully saturated rings. The predicted molar refractivity (Wildman–Crippen MR) is 54.1 cm³/mol. The van der Waals surface area contributed by atoms with Gasteiger partial charge < -0.3 is 0 Å². The van der Waals surface area contributed by atoms with Gasteiger partial charge in [0, 0.05) is 0 Å². The van der Waals surface area contributed by atoms with E-state index >= 15 is 0 Å². The summed E-state index contributed by atoms with van der Waals surface area (Å²) < 4.78 is 0. The minimum absolute atomic E-state index is 1.26. The Hall–Kier alpha value is -1.26. The first-order chi connectivity index (χ1) is 5.75. The summed E-state index contributed by atoms with van der Waals surface area (Å²) in [6.07, 6.45) is 3.93. The van der Waals surface area contributed by atoms with Crippen LogP contribution in [0.2, 0.25) is 0 Å². The van der Waals surface area contributed by atoms with Crippen LogP contribution < -0.4 is 0 Å². The molecule has 0 saturated carbocycles. The largest absolute Gasteiger partial charge is 0.125 e. The molecule has 0 heteroatoms. The highest BCUT2D eigenvalue weighted by atomic mass is 14.0. The third-order valence-electron chi connectivity index (χ3n) is 2.05. The molecule has 1 aromatic rings.